The van der Waals surface area contributed by atoms with E-state index in [1.165, 1.54) is 25.7 Å². The lowest BCUT2D eigenvalue weighted by molar-refractivity contribution is 0.313. The number of phenolic OH excluding ortho intramolecular Hbond substituents is 1. The molecule has 0 spiro atoms. The van der Waals surface area contributed by atoms with Crippen molar-refractivity contribution in [3.05, 3.63) is 22.2 Å². The van der Waals surface area contributed by atoms with Crippen LogP contribution in [-0.4, -0.2) is 11.1 Å². The molecule has 2 nitrogen and oxygen atoms in total. The molecule has 1 aromatic rings. The summed E-state index contributed by atoms with van der Waals surface area (Å²) < 4.78 is 0. The van der Waals surface area contributed by atoms with Crippen LogP contribution in [0.4, 0.5) is 5.69 Å². The number of anilines is 1. The lowest BCUT2D eigenvalue weighted by Crippen LogP contribution is -2.19. The number of phenols is 1. The van der Waals surface area contributed by atoms with Crippen molar-refractivity contribution in [1.29, 1.82) is 0 Å². The number of rotatable bonds is 2. The maximum absolute atomic E-state index is 9.56. The molecule has 2 rings (SSSR count). The molecule has 0 radical (unpaired) electrons. The number of hydrogen-bond acceptors (Lipinski definition) is 2. The molecule has 0 saturated heterocycles. The van der Waals surface area contributed by atoms with Gasteiger partial charge < -0.3 is 10.4 Å². The molecule has 19 heavy (non-hydrogen) atoms. The average Bonchev–Trinajstić information content (AvgIpc) is 2.48. The molecular weight excluding hydrogens is 281 g/mol. The zero-order valence-electron chi connectivity index (χ0n) is 11.5. The minimum Gasteiger partial charge on any atom is -0.505 e. The number of benzene rings is 1. The fraction of sp³-hybridized carbons (Fsp3) is 0.600. The van der Waals surface area contributed by atoms with E-state index in [0.29, 0.717) is 21.5 Å². The monoisotopic (exact) mass is 301 g/mol. The Labute approximate surface area is 125 Å². The fourth-order valence-corrected chi connectivity index (χ4v) is 3.18. The molecule has 1 aromatic carbocycles. The number of hydrogen-bond donors (Lipinski definition) is 2. The van der Waals surface area contributed by atoms with Gasteiger partial charge in [-0.15, -0.1) is 0 Å². The van der Waals surface area contributed by atoms with Gasteiger partial charge >= 0.3 is 0 Å². The van der Waals surface area contributed by atoms with Crippen molar-refractivity contribution < 1.29 is 5.11 Å². The summed E-state index contributed by atoms with van der Waals surface area (Å²) in [4.78, 5) is 0. The Balaban J connectivity index is 2.05. The van der Waals surface area contributed by atoms with E-state index < -0.39 is 0 Å². The van der Waals surface area contributed by atoms with E-state index in [9.17, 15) is 5.11 Å². The van der Waals surface area contributed by atoms with Crippen LogP contribution in [0.5, 0.6) is 5.75 Å². The highest BCUT2D eigenvalue weighted by Gasteiger charge is 2.24. The second-order valence-electron chi connectivity index (χ2n) is 6.22. The molecular formula is C15H21Cl2NO. The molecule has 0 aromatic heterocycles. The van der Waals surface area contributed by atoms with E-state index in [-0.39, 0.29) is 5.75 Å². The maximum atomic E-state index is 9.56. The highest BCUT2D eigenvalue weighted by atomic mass is 35.5. The lowest BCUT2D eigenvalue weighted by atomic mass is 9.85. The van der Waals surface area contributed by atoms with Gasteiger partial charge in [0, 0.05) is 11.7 Å². The second kappa shape index (κ2) is 5.80. The van der Waals surface area contributed by atoms with Crippen LogP contribution in [-0.2, 0) is 0 Å². The topological polar surface area (TPSA) is 32.3 Å². The molecule has 2 N–H and O–H groups in total. The summed E-state index contributed by atoms with van der Waals surface area (Å²) in [7, 11) is 0. The third kappa shape index (κ3) is 3.93. The summed E-state index contributed by atoms with van der Waals surface area (Å²) in [5.41, 5.74) is 1.33. The number of aromatic hydroxyl groups is 1. The molecule has 1 aliphatic rings. The first-order valence-corrected chi connectivity index (χ1v) is 7.57. The molecule has 0 amide bonds. The minimum absolute atomic E-state index is 0.0455. The summed E-state index contributed by atoms with van der Waals surface area (Å²) in [5.74, 6) is -0.0455. The SMILES string of the molecule is CC1(C)CCCC(Nc2cc(Cl)c(O)c(Cl)c2)CC1. The quantitative estimate of drug-likeness (QED) is 0.561. The normalized spacial score (nSPS) is 22.8. The second-order valence-corrected chi connectivity index (χ2v) is 7.04. The number of nitrogens with one attached hydrogen (secondary N) is 1. The Morgan fingerprint density at radius 1 is 1.16 bits per heavy atom. The third-order valence-corrected chi connectivity index (χ3v) is 4.54. The van der Waals surface area contributed by atoms with Gasteiger partial charge in [-0.1, -0.05) is 43.5 Å². The van der Waals surface area contributed by atoms with Crippen molar-refractivity contribution in [2.24, 2.45) is 5.41 Å². The van der Waals surface area contributed by atoms with Gasteiger partial charge in [-0.05, 0) is 43.2 Å². The van der Waals surface area contributed by atoms with Crippen LogP contribution in [0.1, 0.15) is 46.0 Å². The Morgan fingerprint density at radius 2 is 1.79 bits per heavy atom. The highest BCUT2D eigenvalue weighted by Crippen LogP contribution is 2.37. The van der Waals surface area contributed by atoms with Gasteiger partial charge in [0.2, 0.25) is 0 Å². The summed E-state index contributed by atoms with van der Waals surface area (Å²) in [6.45, 7) is 4.67. The fourth-order valence-electron chi connectivity index (χ4n) is 2.69. The van der Waals surface area contributed by atoms with E-state index in [1.807, 2.05) is 0 Å². The molecule has 1 atom stereocenters. The molecule has 106 valence electrons. The van der Waals surface area contributed by atoms with Gasteiger partial charge in [-0.2, -0.15) is 0 Å². The third-order valence-electron chi connectivity index (χ3n) is 3.96. The highest BCUT2D eigenvalue weighted by molar-refractivity contribution is 6.37. The van der Waals surface area contributed by atoms with Crippen LogP contribution < -0.4 is 5.32 Å². The largest absolute Gasteiger partial charge is 0.505 e. The van der Waals surface area contributed by atoms with Gasteiger partial charge in [-0.3, -0.25) is 0 Å². The van der Waals surface area contributed by atoms with Crippen molar-refractivity contribution in [1.82, 2.24) is 0 Å². The van der Waals surface area contributed by atoms with E-state index >= 15 is 0 Å². The molecule has 1 saturated carbocycles. The van der Waals surface area contributed by atoms with Crippen LogP contribution in [0, 0.1) is 5.41 Å². The van der Waals surface area contributed by atoms with Crippen LogP contribution >= 0.6 is 23.2 Å². The van der Waals surface area contributed by atoms with Gasteiger partial charge in [0.25, 0.3) is 0 Å². The van der Waals surface area contributed by atoms with Gasteiger partial charge in [0.1, 0.15) is 0 Å². The summed E-state index contributed by atoms with van der Waals surface area (Å²) in [6.07, 6.45) is 6.07. The average molecular weight is 302 g/mol. The van der Waals surface area contributed by atoms with Gasteiger partial charge in [0.05, 0.1) is 10.0 Å². The Hall–Kier alpha value is -0.600. The first kappa shape index (κ1) is 14.8. The molecule has 0 heterocycles. The minimum atomic E-state index is -0.0455. The maximum Gasteiger partial charge on any atom is 0.152 e. The molecule has 0 bridgehead atoms. The van der Waals surface area contributed by atoms with Crippen molar-refractivity contribution >= 4 is 28.9 Å². The molecule has 1 aliphatic carbocycles. The standard InChI is InChI=1S/C15H21Cl2NO/c1-15(2)6-3-4-10(5-7-15)18-11-8-12(16)14(19)13(17)9-11/h8-10,18-19H,3-7H2,1-2H3. The van der Waals surface area contributed by atoms with E-state index in [0.717, 1.165) is 12.1 Å². The lowest BCUT2D eigenvalue weighted by Gasteiger charge is -2.22. The van der Waals surface area contributed by atoms with Crippen molar-refractivity contribution in [2.45, 2.75) is 52.0 Å². The van der Waals surface area contributed by atoms with Gasteiger partial charge in [-0.25, -0.2) is 0 Å². The van der Waals surface area contributed by atoms with E-state index in [1.54, 1.807) is 12.1 Å². The van der Waals surface area contributed by atoms with Crippen molar-refractivity contribution in [2.75, 3.05) is 5.32 Å². The smallest absolute Gasteiger partial charge is 0.152 e. The zero-order chi connectivity index (χ0) is 14.0. The Morgan fingerprint density at radius 3 is 2.42 bits per heavy atom. The summed E-state index contributed by atoms with van der Waals surface area (Å²) in [5, 5.41) is 13.6. The summed E-state index contributed by atoms with van der Waals surface area (Å²) in [6, 6.07) is 3.93. The first-order valence-electron chi connectivity index (χ1n) is 6.82. The van der Waals surface area contributed by atoms with Crippen LogP contribution in [0.2, 0.25) is 10.0 Å². The predicted octanol–water partition coefficient (Wildman–Crippen LogP) is 5.47. The Bertz CT molecular complexity index is 436. The van der Waals surface area contributed by atoms with E-state index in [2.05, 4.69) is 19.2 Å². The van der Waals surface area contributed by atoms with Crippen LogP contribution in [0.25, 0.3) is 0 Å². The van der Waals surface area contributed by atoms with Crippen LogP contribution in [0.3, 0.4) is 0 Å². The Kier molecular flexibility index (Phi) is 4.52. The molecule has 1 fully saturated rings. The predicted molar refractivity (Wildman–Crippen MR) is 82.4 cm³/mol. The molecule has 4 heteroatoms. The van der Waals surface area contributed by atoms with Crippen molar-refractivity contribution in [3.8, 4) is 5.75 Å². The first-order chi connectivity index (χ1) is 8.87. The molecule has 1 unspecified atom stereocenters. The molecule has 0 aliphatic heterocycles. The van der Waals surface area contributed by atoms with E-state index in [4.69, 9.17) is 23.2 Å². The van der Waals surface area contributed by atoms with Gasteiger partial charge in [0.15, 0.2) is 5.75 Å². The zero-order valence-corrected chi connectivity index (χ0v) is 13.0. The van der Waals surface area contributed by atoms with Crippen LogP contribution in [0.15, 0.2) is 12.1 Å². The van der Waals surface area contributed by atoms with Crippen molar-refractivity contribution in [3.63, 3.8) is 0 Å². The summed E-state index contributed by atoms with van der Waals surface area (Å²) >= 11 is 11.9. The number of halogens is 2.